The van der Waals surface area contributed by atoms with Gasteiger partial charge in [-0.2, -0.15) is 0 Å². The highest BCUT2D eigenvalue weighted by Gasteiger charge is 2.11. The predicted octanol–water partition coefficient (Wildman–Crippen LogP) is 2.45. The van der Waals surface area contributed by atoms with E-state index < -0.39 is 4.92 Å². The van der Waals surface area contributed by atoms with E-state index >= 15 is 0 Å². The van der Waals surface area contributed by atoms with Crippen LogP contribution < -0.4 is 15.8 Å². The third-order valence-electron chi connectivity index (χ3n) is 2.65. The molecule has 116 valence electrons. The number of ether oxygens (including phenoxy) is 1. The molecule has 0 saturated heterocycles. The summed E-state index contributed by atoms with van der Waals surface area (Å²) in [5, 5.41) is 14.0. The van der Waals surface area contributed by atoms with Crippen LogP contribution >= 0.6 is 0 Å². The highest BCUT2D eigenvalue weighted by molar-refractivity contribution is 5.73. The number of anilines is 1. The number of rotatable bonds is 9. The Hall–Kier alpha value is -2.31. The number of unbranched alkanes of at least 4 members (excludes halogenated alkanes) is 1. The number of nitro benzene ring substituents is 1. The lowest BCUT2D eigenvalue weighted by Gasteiger charge is -2.12. The lowest BCUT2D eigenvalue weighted by atomic mass is 10.2. The van der Waals surface area contributed by atoms with Gasteiger partial charge in [-0.1, -0.05) is 0 Å². The minimum Gasteiger partial charge on any atom is -0.491 e. The van der Waals surface area contributed by atoms with E-state index in [1.54, 1.807) is 6.07 Å². The number of carbonyl (C=O) groups is 1. The van der Waals surface area contributed by atoms with Gasteiger partial charge in [0.25, 0.3) is 5.69 Å². The fourth-order valence-corrected chi connectivity index (χ4v) is 1.79. The molecule has 7 nitrogen and oxygen atoms in total. The maximum Gasteiger partial charge on any atom is 0.275 e. The fourth-order valence-electron chi connectivity index (χ4n) is 1.79. The Morgan fingerprint density at radius 2 is 2.10 bits per heavy atom. The van der Waals surface area contributed by atoms with E-state index in [4.69, 9.17) is 10.5 Å². The minimum absolute atomic E-state index is 0.0206. The summed E-state index contributed by atoms with van der Waals surface area (Å²) in [6.45, 7) is 4.32. The van der Waals surface area contributed by atoms with Gasteiger partial charge >= 0.3 is 0 Å². The van der Waals surface area contributed by atoms with E-state index in [9.17, 15) is 14.9 Å². The van der Waals surface area contributed by atoms with Crippen LogP contribution in [-0.2, 0) is 4.79 Å². The summed E-state index contributed by atoms with van der Waals surface area (Å²) < 4.78 is 5.50. The molecule has 0 bridgehead atoms. The lowest BCUT2D eigenvalue weighted by Crippen LogP contribution is -2.11. The molecule has 0 spiro atoms. The van der Waals surface area contributed by atoms with Crippen molar-refractivity contribution in [3.05, 3.63) is 28.3 Å². The number of nitrogens with two attached hydrogens (primary N) is 1. The van der Waals surface area contributed by atoms with Gasteiger partial charge in [0, 0.05) is 30.8 Å². The van der Waals surface area contributed by atoms with Crippen LogP contribution in [0.15, 0.2) is 18.2 Å². The topological polar surface area (TPSA) is 107 Å². The zero-order chi connectivity index (χ0) is 15.8. The lowest BCUT2D eigenvalue weighted by molar-refractivity contribution is -0.384. The standard InChI is InChI=1S/C14H21N3O4/c1-10(2)21-13-8-11(7-12(9-13)17(19)20)16-6-4-3-5-14(15)18/h7-10,16H,3-6H2,1-2H3,(H2,15,18). The maximum atomic E-state index is 10.9. The smallest absolute Gasteiger partial charge is 0.275 e. The van der Waals surface area contributed by atoms with Crippen molar-refractivity contribution < 1.29 is 14.5 Å². The van der Waals surface area contributed by atoms with Gasteiger partial charge in [0.15, 0.2) is 0 Å². The first kappa shape index (κ1) is 16.7. The molecule has 0 aliphatic rings. The van der Waals surface area contributed by atoms with Crippen molar-refractivity contribution in [1.82, 2.24) is 0 Å². The Morgan fingerprint density at radius 3 is 2.67 bits per heavy atom. The van der Waals surface area contributed by atoms with Crippen molar-refractivity contribution >= 4 is 17.3 Å². The molecular formula is C14H21N3O4. The van der Waals surface area contributed by atoms with Crippen molar-refractivity contribution in [2.75, 3.05) is 11.9 Å². The third kappa shape index (κ3) is 6.60. The Balaban J connectivity index is 2.65. The van der Waals surface area contributed by atoms with E-state index in [2.05, 4.69) is 5.32 Å². The van der Waals surface area contributed by atoms with Gasteiger partial charge in [0.05, 0.1) is 17.1 Å². The van der Waals surface area contributed by atoms with Gasteiger partial charge in [-0.05, 0) is 26.7 Å². The molecular weight excluding hydrogens is 274 g/mol. The second-order valence-corrected chi connectivity index (χ2v) is 4.99. The number of carbonyl (C=O) groups excluding carboxylic acids is 1. The SMILES string of the molecule is CC(C)Oc1cc(NCCCCC(N)=O)cc([N+](=O)[O-])c1. The number of hydrogen-bond acceptors (Lipinski definition) is 5. The number of hydrogen-bond donors (Lipinski definition) is 2. The summed E-state index contributed by atoms with van der Waals surface area (Å²) in [6.07, 6.45) is 1.73. The van der Waals surface area contributed by atoms with E-state index in [0.717, 1.165) is 6.42 Å². The normalized spacial score (nSPS) is 10.4. The molecule has 3 N–H and O–H groups in total. The Kier molecular flexibility index (Phi) is 6.45. The van der Waals surface area contributed by atoms with E-state index in [0.29, 0.717) is 30.8 Å². The van der Waals surface area contributed by atoms with E-state index in [1.807, 2.05) is 13.8 Å². The molecule has 0 fully saturated rings. The van der Waals surface area contributed by atoms with Crippen molar-refractivity contribution in [3.63, 3.8) is 0 Å². The van der Waals surface area contributed by atoms with Crippen LogP contribution in [0.5, 0.6) is 5.75 Å². The van der Waals surface area contributed by atoms with Crippen molar-refractivity contribution in [2.24, 2.45) is 5.73 Å². The maximum absolute atomic E-state index is 10.9. The van der Waals surface area contributed by atoms with Crippen molar-refractivity contribution in [2.45, 2.75) is 39.2 Å². The average molecular weight is 295 g/mol. The summed E-state index contributed by atoms with van der Waals surface area (Å²) in [5.41, 5.74) is 5.66. The number of benzene rings is 1. The molecule has 1 aromatic carbocycles. The van der Waals surface area contributed by atoms with Crippen LogP contribution in [0.25, 0.3) is 0 Å². The molecule has 0 aromatic heterocycles. The number of nitrogens with one attached hydrogen (secondary N) is 1. The van der Waals surface area contributed by atoms with Gasteiger partial charge in [0.2, 0.25) is 5.91 Å². The summed E-state index contributed by atoms with van der Waals surface area (Å²) in [4.78, 5) is 21.1. The van der Waals surface area contributed by atoms with Gasteiger partial charge in [-0.15, -0.1) is 0 Å². The van der Waals surface area contributed by atoms with E-state index in [1.165, 1.54) is 12.1 Å². The second-order valence-electron chi connectivity index (χ2n) is 4.99. The van der Waals surface area contributed by atoms with Gasteiger partial charge in [0.1, 0.15) is 5.75 Å². The molecule has 0 atom stereocenters. The largest absolute Gasteiger partial charge is 0.491 e. The molecule has 1 amide bonds. The third-order valence-corrected chi connectivity index (χ3v) is 2.65. The monoisotopic (exact) mass is 295 g/mol. The van der Waals surface area contributed by atoms with Gasteiger partial charge in [-0.25, -0.2) is 0 Å². The predicted molar refractivity (Wildman–Crippen MR) is 80.4 cm³/mol. The van der Waals surface area contributed by atoms with Gasteiger partial charge in [-0.3, -0.25) is 14.9 Å². The molecule has 0 unspecified atom stereocenters. The number of non-ortho nitro benzene ring substituents is 1. The first-order chi connectivity index (χ1) is 9.88. The Labute approximate surface area is 123 Å². The minimum atomic E-state index is -0.453. The number of nitro groups is 1. The van der Waals surface area contributed by atoms with Crippen LogP contribution in [-0.4, -0.2) is 23.5 Å². The number of primary amides is 1. The Morgan fingerprint density at radius 1 is 1.38 bits per heavy atom. The second kappa shape index (κ2) is 8.08. The van der Waals surface area contributed by atoms with Crippen LogP contribution in [0, 0.1) is 10.1 Å². The number of nitrogens with zero attached hydrogens (tertiary/aromatic N) is 1. The molecule has 21 heavy (non-hydrogen) atoms. The highest BCUT2D eigenvalue weighted by atomic mass is 16.6. The zero-order valence-corrected chi connectivity index (χ0v) is 12.3. The zero-order valence-electron chi connectivity index (χ0n) is 12.3. The van der Waals surface area contributed by atoms with Crippen LogP contribution in [0.2, 0.25) is 0 Å². The molecule has 1 aromatic rings. The molecule has 7 heteroatoms. The first-order valence-corrected chi connectivity index (χ1v) is 6.87. The van der Waals surface area contributed by atoms with E-state index in [-0.39, 0.29) is 17.7 Å². The van der Waals surface area contributed by atoms with Crippen LogP contribution in [0.4, 0.5) is 11.4 Å². The number of amides is 1. The molecule has 0 aliphatic heterocycles. The molecule has 0 saturated carbocycles. The molecule has 0 radical (unpaired) electrons. The quantitative estimate of drug-likeness (QED) is 0.413. The van der Waals surface area contributed by atoms with Crippen LogP contribution in [0.3, 0.4) is 0 Å². The molecule has 0 heterocycles. The summed E-state index contributed by atoms with van der Waals surface area (Å²) in [6, 6.07) is 4.58. The molecule has 0 aliphatic carbocycles. The highest BCUT2D eigenvalue weighted by Crippen LogP contribution is 2.26. The van der Waals surface area contributed by atoms with Crippen molar-refractivity contribution in [3.8, 4) is 5.75 Å². The summed E-state index contributed by atoms with van der Waals surface area (Å²) >= 11 is 0. The van der Waals surface area contributed by atoms with Crippen LogP contribution in [0.1, 0.15) is 33.1 Å². The average Bonchev–Trinajstić information content (AvgIpc) is 2.36. The summed E-state index contributed by atoms with van der Waals surface area (Å²) in [7, 11) is 0. The fraction of sp³-hybridized carbons (Fsp3) is 0.500. The van der Waals surface area contributed by atoms with Crippen molar-refractivity contribution in [1.29, 1.82) is 0 Å². The Bertz CT molecular complexity index is 503. The molecule has 1 rings (SSSR count). The summed E-state index contributed by atoms with van der Waals surface area (Å²) in [5.74, 6) is 0.136. The first-order valence-electron chi connectivity index (χ1n) is 6.87. The van der Waals surface area contributed by atoms with Gasteiger partial charge < -0.3 is 15.8 Å².